The van der Waals surface area contributed by atoms with Gasteiger partial charge in [-0.25, -0.2) is 0 Å². The van der Waals surface area contributed by atoms with Crippen LogP contribution in [0.2, 0.25) is 0 Å². The van der Waals surface area contributed by atoms with Gasteiger partial charge in [0.1, 0.15) is 12.4 Å². The Morgan fingerprint density at radius 2 is 1.79 bits per heavy atom. The standard InChI is InChI=1S/C16H14Br2O/c1-12-6-5-9-14(10-15(17)18)16(12)19-11-13-7-3-2-4-8-13/h2-10H,11H2,1H3. The predicted molar refractivity (Wildman–Crippen MR) is 87.8 cm³/mol. The molecule has 0 amide bonds. The van der Waals surface area contributed by atoms with Crippen LogP contribution < -0.4 is 4.74 Å². The van der Waals surface area contributed by atoms with E-state index in [1.807, 2.05) is 36.4 Å². The Hall–Kier alpha value is -1.06. The van der Waals surface area contributed by atoms with Crippen molar-refractivity contribution in [1.29, 1.82) is 0 Å². The van der Waals surface area contributed by atoms with E-state index < -0.39 is 0 Å². The summed E-state index contributed by atoms with van der Waals surface area (Å²) in [6, 6.07) is 16.3. The number of hydrogen-bond acceptors (Lipinski definition) is 1. The number of ether oxygens (including phenoxy) is 1. The van der Waals surface area contributed by atoms with Gasteiger partial charge < -0.3 is 4.74 Å². The Bertz CT molecular complexity index is 573. The molecule has 0 aliphatic heterocycles. The van der Waals surface area contributed by atoms with E-state index in [-0.39, 0.29) is 0 Å². The number of para-hydroxylation sites is 1. The van der Waals surface area contributed by atoms with Gasteiger partial charge in [-0.05, 0) is 56.0 Å². The minimum absolute atomic E-state index is 0.576. The minimum atomic E-state index is 0.576. The maximum atomic E-state index is 5.97. The van der Waals surface area contributed by atoms with E-state index in [0.29, 0.717) is 6.61 Å². The van der Waals surface area contributed by atoms with Crippen molar-refractivity contribution in [3.63, 3.8) is 0 Å². The molecule has 1 nitrogen and oxygen atoms in total. The summed E-state index contributed by atoms with van der Waals surface area (Å²) in [6.07, 6.45) is 1.99. The summed E-state index contributed by atoms with van der Waals surface area (Å²) in [5.41, 5.74) is 3.35. The Morgan fingerprint density at radius 3 is 2.47 bits per heavy atom. The molecule has 2 aromatic rings. The average molecular weight is 382 g/mol. The van der Waals surface area contributed by atoms with Crippen molar-refractivity contribution >= 4 is 37.9 Å². The van der Waals surface area contributed by atoms with Crippen molar-refractivity contribution < 1.29 is 4.74 Å². The first-order valence-electron chi connectivity index (χ1n) is 5.96. The third-order valence-electron chi connectivity index (χ3n) is 2.73. The van der Waals surface area contributed by atoms with Crippen LogP contribution in [0.3, 0.4) is 0 Å². The van der Waals surface area contributed by atoms with Crippen molar-refractivity contribution in [3.05, 3.63) is 68.6 Å². The zero-order valence-corrected chi connectivity index (χ0v) is 13.7. The van der Waals surface area contributed by atoms with Gasteiger partial charge in [-0.2, -0.15) is 0 Å². The van der Waals surface area contributed by atoms with E-state index in [1.54, 1.807) is 0 Å². The molecule has 19 heavy (non-hydrogen) atoms. The quantitative estimate of drug-likeness (QED) is 0.663. The van der Waals surface area contributed by atoms with E-state index in [1.165, 1.54) is 5.56 Å². The van der Waals surface area contributed by atoms with Gasteiger partial charge in [-0.1, -0.05) is 48.5 Å². The Kier molecular flexibility index (Phi) is 5.23. The molecule has 0 unspecified atom stereocenters. The third kappa shape index (κ3) is 4.22. The first-order chi connectivity index (χ1) is 9.16. The summed E-state index contributed by atoms with van der Waals surface area (Å²) in [5.74, 6) is 0.919. The highest BCUT2D eigenvalue weighted by Crippen LogP contribution is 2.29. The summed E-state index contributed by atoms with van der Waals surface area (Å²) in [6.45, 7) is 2.63. The van der Waals surface area contributed by atoms with Crippen LogP contribution in [0.15, 0.2) is 51.9 Å². The molecule has 0 saturated carbocycles. The molecule has 0 radical (unpaired) electrons. The summed E-state index contributed by atoms with van der Waals surface area (Å²) >= 11 is 6.78. The molecule has 0 fully saturated rings. The van der Waals surface area contributed by atoms with Gasteiger partial charge >= 0.3 is 0 Å². The highest BCUT2D eigenvalue weighted by molar-refractivity contribution is 9.28. The third-order valence-corrected chi connectivity index (χ3v) is 3.19. The van der Waals surface area contributed by atoms with Gasteiger partial charge in [0, 0.05) is 5.56 Å². The van der Waals surface area contributed by atoms with Crippen molar-refractivity contribution in [3.8, 4) is 5.75 Å². The molecule has 0 saturated heterocycles. The van der Waals surface area contributed by atoms with Crippen LogP contribution in [0.25, 0.3) is 6.08 Å². The number of rotatable bonds is 4. The average Bonchev–Trinajstić information content (AvgIpc) is 2.38. The first kappa shape index (κ1) is 14.4. The Labute approximate surface area is 130 Å². The summed E-state index contributed by atoms with van der Waals surface area (Å²) in [7, 11) is 0. The smallest absolute Gasteiger partial charge is 0.129 e. The minimum Gasteiger partial charge on any atom is -0.488 e. The van der Waals surface area contributed by atoms with Gasteiger partial charge in [0.15, 0.2) is 0 Å². The number of hydrogen-bond donors (Lipinski definition) is 0. The molecule has 0 aromatic heterocycles. The van der Waals surface area contributed by atoms with Crippen LogP contribution in [-0.2, 0) is 6.61 Å². The van der Waals surface area contributed by atoms with Crippen LogP contribution in [0.5, 0.6) is 5.75 Å². The molecular formula is C16H14Br2O. The van der Waals surface area contributed by atoms with E-state index in [0.717, 1.165) is 20.3 Å². The zero-order valence-electron chi connectivity index (χ0n) is 10.6. The number of benzene rings is 2. The molecule has 0 spiro atoms. The van der Waals surface area contributed by atoms with Crippen LogP contribution in [-0.4, -0.2) is 0 Å². The van der Waals surface area contributed by atoms with Crippen molar-refractivity contribution in [2.75, 3.05) is 0 Å². The van der Waals surface area contributed by atoms with Crippen LogP contribution in [0, 0.1) is 6.92 Å². The van der Waals surface area contributed by atoms with Gasteiger partial charge in [0.05, 0.1) is 3.39 Å². The topological polar surface area (TPSA) is 9.23 Å². The fraction of sp³-hybridized carbons (Fsp3) is 0.125. The highest BCUT2D eigenvalue weighted by atomic mass is 79.9. The van der Waals surface area contributed by atoms with E-state index in [9.17, 15) is 0 Å². The maximum Gasteiger partial charge on any atom is 0.129 e. The molecule has 0 aliphatic rings. The lowest BCUT2D eigenvalue weighted by Crippen LogP contribution is -1.98. The Morgan fingerprint density at radius 1 is 1.05 bits per heavy atom. The molecule has 0 N–H and O–H groups in total. The second-order valence-electron chi connectivity index (χ2n) is 4.20. The molecule has 0 aliphatic carbocycles. The van der Waals surface area contributed by atoms with Gasteiger partial charge in [0.25, 0.3) is 0 Å². The molecular weight excluding hydrogens is 368 g/mol. The second kappa shape index (κ2) is 6.92. The van der Waals surface area contributed by atoms with Crippen molar-refractivity contribution in [2.45, 2.75) is 13.5 Å². The molecule has 3 heteroatoms. The van der Waals surface area contributed by atoms with E-state index in [4.69, 9.17) is 4.74 Å². The SMILES string of the molecule is Cc1cccc(C=C(Br)Br)c1OCc1ccccc1. The normalized spacial score (nSPS) is 10.1. The summed E-state index contributed by atoms with van der Waals surface area (Å²) in [5, 5.41) is 0. The lowest BCUT2D eigenvalue weighted by Gasteiger charge is -2.12. The van der Waals surface area contributed by atoms with E-state index in [2.05, 4.69) is 57.0 Å². The first-order valence-corrected chi connectivity index (χ1v) is 7.54. The van der Waals surface area contributed by atoms with Crippen LogP contribution in [0.4, 0.5) is 0 Å². The summed E-state index contributed by atoms with van der Waals surface area (Å²) < 4.78 is 6.87. The largest absolute Gasteiger partial charge is 0.488 e. The van der Waals surface area contributed by atoms with E-state index >= 15 is 0 Å². The van der Waals surface area contributed by atoms with Crippen molar-refractivity contribution in [1.82, 2.24) is 0 Å². The fourth-order valence-electron chi connectivity index (χ4n) is 1.83. The Balaban J connectivity index is 2.22. The number of aryl methyl sites for hydroxylation is 1. The fourth-order valence-corrected chi connectivity index (χ4v) is 2.33. The van der Waals surface area contributed by atoms with Gasteiger partial charge in [-0.3, -0.25) is 0 Å². The van der Waals surface area contributed by atoms with Gasteiger partial charge in [0.2, 0.25) is 0 Å². The molecule has 0 atom stereocenters. The van der Waals surface area contributed by atoms with Crippen LogP contribution >= 0.6 is 31.9 Å². The molecule has 2 aromatic carbocycles. The lowest BCUT2D eigenvalue weighted by molar-refractivity contribution is 0.303. The highest BCUT2D eigenvalue weighted by Gasteiger charge is 2.05. The maximum absolute atomic E-state index is 5.97. The molecule has 0 bridgehead atoms. The van der Waals surface area contributed by atoms with Gasteiger partial charge in [-0.15, -0.1) is 0 Å². The molecule has 2 rings (SSSR count). The summed E-state index contributed by atoms with van der Waals surface area (Å²) in [4.78, 5) is 0. The van der Waals surface area contributed by atoms with Crippen molar-refractivity contribution in [2.24, 2.45) is 0 Å². The zero-order chi connectivity index (χ0) is 13.7. The monoisotopic (exact) mass is 380 g/mol. The predicted octanol–water partition coefficient (Wildman–Crippen LogP) is 5.66. The molecule has 98 valence electrons. The van der Waals surface area contributed by atoms with Crippen LogP contribution in [0.1, 0.15) is 16.7 Å². The molecule has 0 heterocycles. The lowest BCUT2D eigenvalue weighted by atomic mass is 10.1. The second-order valence-corrected chi connectivity index (χ2v) is 6.97. The number of halogens is 2.